The molecule has 0 radical (unpaired) electrons. The highest BCUT2D eigenvalue weighted by Gasteiger charge is 1.91. The smallest absolute Gasteiger partial charge is 0.118 e. The predicted molar refractivity (Wildman–Crippen MR) is 74.8 cm³/mol. The summed E-state index contributed by atoms with van der Waals surface area (Å²) in [6, 6.07) is 16.1. The van der Waals surface area contributed by atoms with E-state index in [2.05, 4.69) is 43.0 Å². The molecule has 1 nitrogen and oxygen atoms in total. The molecule has 0 aromatic heterocycles. The van der Waals surface area contributed by atoms with Crippen molar-refractivity contribution in [3.05, 3.63) is 65.2 Å². The molecule has 0 spiro atoms. The predicted octanol–water partition coefficient (Wildman–Crippen LogP) is 3.66. The molecule has 2 rings (SSSR count). The van der Waals surface area contributed by atoms with E-state index in [1.165, 1.54) is 5.56 Å². The van der Waals surface area contributed by atoms with Gasteiger partial charge in [-0.2, -0.15) is 0 Å². The molecule has 0 N–H and O–H groups in total. The molecule has 2 aromatic carbocycles. The summed E-state index contributed by atoms with van der Waals surface area (Å²) in [5.74, 6) is 7.16. The maximum atomic E-state index is 5.11. The molecule has 0 unspecified atom stereocenters. The van der Waals surface area contributed by atoms with E-state index < -0.39 is 0 Å². The van der Waals surface area contributed by atoms with E-state index in [1.54, 1.807) is 7.11 Å². The van der Waals surface area contributed by atoms with Gasteiger partial charge in [0.1, 0.15) is 5.75 Å². The van der Waals surface area contributed by atoms with Gasteiger partial charge in [-0.25, -0.2) is 0 Å². The topological polar surface area (TPSA) is 9.23 Å². The van der Waals surface area contributed by atoms with Crippen molar-refractivity contribution < 1.29 is 4.74 Å². The Hall–Kier alpha value is -2.20. The Bertz CT molecular complexity index is 502. The van der Waals surface area contributed by atoms with Crippen LogP contribution in [-0.2, 0) is 6.42 Å². The number of rotatable bonds is 2. The summed E-state index contributed by atoms with van der Waals surface area (Å²) >= 11 is 0. The molecule has 0 aliphatic carbocycles. The van der Waals surface area contributed by atoms with Gasteiger partial charge in [-0.15, -0.1) is 0 Å². The lowest BCUT2D eigenvalue weighted by Crippen LogP contribution is -1.82. The number of aryl methyl sites for hydroxylation is 1. The highest BCUT2D eigenvalue weighted by Crippen LogP contribution is 2.10. The number of hydrogen-bond donors (Lipinski definition) is 0. The van der Waals surface area contributed by atoms with E-state index in [9.17, 15) is 0 Å². The van der Waals surface area contributed by atoms with Gasteiger partial charge in [0.2, 0.25) is 0 Å². The average molecular weight is 236 g/mol. The monoisotopic (exact) mass is 236 g/mol. The number of ether oxygens (including phenoxy) is 1. The van der Waals surface area contributed by atoms with Gasteiger partial charge in [0.15, 0.2) is 0 Å². The van der Waals surface area contributed by atoms with Gasteiger partial charge in [-0.3, -0.25) is 0 Å². The van der Waals surface area contributed by atoms with Crippen molar-refractivity contribution >= 4 is 0 Å². The van der Waals surface area contributed by atoms with Gasteiger partial charge in [0, 0.05) is 11.1 Å². The van der Waals surface area contributed by atoms with Crippen LogP contribution in [0.2, 0.25) is 0 Å². The molecule has 0 atom stereocenters. The first-order valence-corrected chi connectivity index (χ1v) is 6.07. The van der Waals surface area contributed by atoms with Crippen LogP contribution in [-0.4, -0.2) is 7.11 Å². The summed E-state index contributed by atoms with van der Waals surface area (Å²) in [5.41, 5.74) is 3.38. The average Bonchev–Trinajstić information content (AvgIpc) is 2.46. The van der Waals surface area contributed by atoms with Crippen molar-refractivity contribution in [1.82, 2.24) is 0 Å². The van der Waals surface area contributed by atoms with Crippen molar-refractivity contribution in [2.24, 2.45) is 0 Å². The molecule has 0 amide bonds. The molecule has 2 aromatic rings. The summed E-state index contributed by atoms with van der Waals surface area (Å²) in [6.45, 7) is 2.15. The number of methoxy groups -OCH3 is 1. The van der Waals surface area contributed by atoms with Crippen LogP contribution in [0.3, 0.4) is 0 Å². The molecule has 0 fully saturated rings. The quantitative estimate of drug-likeness (QED) is 0.723. The Kier molecular flexibility index (Phi) is 4.04. The fourth-order valence-electron chi connectivity index (χ4n) is 1.64. The van der Waals surface area contributed by atoms with Crippen LogP contribution in [0.5, 0.6) is 5.75 Å². The maximum Gasteiger partial charge on any atom is 0.118 e. The maximum absolute atomic E-state index is 5.11. The minimum Gasteiger partial charge on any atom is -0.497 e. The molecule has 1 heteroatoms. The zero-order valence-corrected chi connectivity index (χ0v) is 10.7. The molecule has 90 valence electrons. The van der Waals surface area contributed by atoms with Gasteiger partial charge in [0.05, 0.1) is 7.11 Å². The first-order chi connectivity index (χ1) is 8.81. The Labute approximate surface area is 108 Å². The van der Waals surface area contributed by atoms with Crippen LogP contribution in [0.15, 0.2) is 48.5 Å². The normalized spacial score (nSPS) is 9.44. The summed E-state index contributed by atoms with van der Waals surface area (Å²) in [6.07, 6.45) is 1.06. The van der Waals surface area contributed by atoms with Crippen molar-refractivity contribution in [1.29, 1.82) is 0 Å². The first-order valence-electron chi connectivity index (χ1n) is 6.07. The molecule has 0 aliphatic rings. The Morgan fingerprint density at radius 1 is 0.833 bits per heavy atom. The van der Waals surface area contributed by atoms with Gasteiger partial charge in [-0.1, -0.05) is 30.9 Å². The van der Waals surface area contributed by atoms with Gasteiger partial charge in [0.25, 0.3) is 0 Å². The second kappa shape index (κ2) is 5.93. The third kappa shape index (κ3) is 3.15. The van der Waals surface area contributed by atoms with Crippen LogP contribution in [0.1, 0.15) is 23.6 Å². The molecule has 0 aliphatic heterocycles. The highest BCUT2D eigenvalue weighted by atomic mass is 16.5. The largest absolute Gasteiger partial charge is 0.497 e. The van der Waals surface area contributed by atoms with Gasteiger partial charge in [-0.05, 0) is 48.4 Å². The minimum atomic E-state index is 0.854. The van der Waals surface area contributed by atoms with E-state index >= 15 is 0 Å². The Balaban J connectivity index is 2.14. The molecule has 0 heterocycles. The third-order valence-electron chi connectivity index (χ3n) is 2.80. The summed E-state index contributed by atoms with van der Waals surface area (Å²) in [4.78, 5) is 0. The second-order valence-corrected chi connectivity index (χ2v) is 4.03. The number of benzene rings is 2. The van der Waals surface area contributed by atoms with Crippen molar-refractivity contribution in [3.8, 4) is 17.6 Å². The summed E-state index contributed by atoms with van der Waals surface area (Å²) < 4.78 is 5.11. The lowest BCUT2D eigenvalue weighted by Gasteiger charge is -1.98. The molecular formula is C17H16O. The standard InChI is InChI=1S/C17H16O/c1-3-14-4-6-15(7-5-14)8-9-16-10-12-17(18-2)13-11-16/h4-7,10-13H,3H2,1-2H3. The van der Waals surface area contributed by atoms with E-state index in [-0.39, 0.29) is 0 Å². The van der Waals surface area contributed by atoms with Crippen LogP contribution < -0.4 is 4.74 Å². The van der Waals surface area contributed by atoms with Crippen molar-refractivity contribution in [2.45, 2.75) is 13.3 Å². The van der Waals surface area contributed by atoms with Crippen molar-refractivity contribution in [2.75, 3.05) is 7.11 Å². The Morgan fingerprint density at radius 2 is 1.33 bits per heavy atom. The van der Waals surface area contributed by atoms with Crippen LogP contribution in [0, 0.1) is 11.8 Å². The van der Waals surface area contributed by atoms with E-state index in [0.717, 1.165) is 23.3 Å². The second-order valence-electron chi connectivity index (χ2n) is 4.03. The SMILES string of the molecule is CCc1ccc(C#Cc2ccc(OC)cc2)cc1. The van der Waals surface area contributed by atoms with Crippen LogP contribution >= 0.6 is 0 Å². The molecule has 0 saturated carbocycles. The minimum absolute atomic E-state index is 0.854. The van der Waals surface area contributed by atoms with E-state index in [1.807, 2.05) is 24.3 Å². The van der Waals surface area contributed by atoms with Gasteiger partial charge >= 0.3 is 0 Å². The molecule has 0 saturated heterocycles. The van der Waals surface area contributed by atoms with E-state index in [4.69, 9.17) is 4.74 Å². The zero-order chi connectivity index (χ0) is 12.8. The zero-order valence-electron chi connectivity index (χ0n) is 10.7. The van der Waals surface area contributed by atoms with Gasteiger partial charge < -0.3 is 4.74 Å². The first kappa shape index (κ1) is 12.3. The molecule has 0 bridgehead atoms. The highest BCUT2D eigenvalue weighted by molar-refractivity contribution is 5.44. The van der Waals surface area contributed by atoms with Crippen molar-refractivity contribution in [3.63, 3.8) is 0 Å². The lowest BCUT2D eigenvalue weighted by atomic mass is 10.1. The summed E-state index contributed by atoms with van der Waals surface area (Å²) in [7, 11) is 1.66. The molecule has 18 heavy (non-hydrogen) atoms. The number of hydrogen-bond acceptors (Lipinski definition) is 1. The molecular weight excluding hydrogens is 220 g/mol. The Morgan fingerprint density at radius 3 is 1.78 bits per heavy atom. The fraction of sp³-hybridized carbons (Fsp3) is 0.176. The fourth-order valence-corrected chi connectivity index (χ4v) is 1.64. The van der Waals surface area contributed by atoms with Crippen LogP contribution in [0.25, 0.3) is 0 Å². The summed E-state index contributed by atoms with van der Waals surface area (Å²) in [5, 5.41) is 0. The van der Waals surface area contributed by atoms with E-state index in [0.29, 0.717) is 0 Å². The lowest BCUT2D eigenvalue weighted by molar-refractivity contribution is 0.415. The van der Waals surface area contributed by atoms with Crippen LogP contribution in [0.4, 0.5) is 0 Å². The third-order valence-corrected chi connectivity index (χ3v) is 2.80.